The minimum Gasteiger partial charge on any atom is -0.399 e. The van der Waals surface area contributed by atoms with Gasteiger partial charge in [0.2, 0.25) is 0 Å². The molecule has 1 aromatic rings. The standard InChI is InChI=1S/C15H23N3/c1-12(2)10-18(9-5-8-16)11-14-6-4-7-15(17)13(14)3/h4,6-7,12H,5,9-11,17H2,1-3H3. The van der Waals surface area contributed by atoms with Crippen LogP contribution in [0, 0.1) is 24.2 Å². The molecule has 1 rings (SSSR count). The first kappa shape index (κ1) is 14.5. The fraction of sp³-hybridized carbons (Fsp3) is 0.533. The summed E-state index contributed by atoms with van der Waals surface area (Å²) in [4.78, 5) is 2.33. The number of benzene rings is 1. The van der Waals surface area contributed by atoms with Gasteiger partial charge in [0.15, 0.2) is 0 Å². The van der Waals surface area contributed by atoms with E-state index in [0.717, 1.165) is 30.9 Å². The fourth-order valence-electron chi connectivity index (χ4n) is 2.07. The highest BCUT2D eigenvalue weighted by atomic mass is 15.1. The van der Waals surface area contributed by atoms with Crippen LogP contribution in [0.3, 0.4) is 0 Å². The van der Waals surface area contributed by atoms with E-state index in [0.29, 0.717) is 12.3 Å². The number of nitriles is 1. The first-order valence-corrected chi connectivity index (χ1v) is 6.48. The maximum absolute atomic E-state index is 8.72. The molecule has 0 aliphatic rings. The molecule has 3 heteroatoms. The molecule has 0 spiro atoms. The summed E-state index contributed by atoms with van der Waals surface area (Å²) < 4.78 is 0. The Morgan fingerprint density at radius 1 is 1.39 bits per heavy atom. The molecule has 0 unspecified atom stereocenters. The van der Waals surface area contributed by atoms with E-state index in [2.05, 4.69) is 37.8 Å². The monoisotopic (exact) mass is 245 g/mol. The summed E-state index contributed by atoms with van der Waals surface area (Å²) in [5.41, 5.74) is 9.19. The van der Waals surface area contributed by atoms with Crippen LogP contribution in [0.5, 0.6) is 0 Å². The second kappa shape index (κ2) is 7.03. The molecule has 1 aromatic carbocycles. The fourth-order valence-corrected chi connectivity index (χ4v) is 2.07. The van der Waals surface area contributed by atoms with E-state index < -0.39 is 0 Å². The number of nitrogen functional groups attached to an aromatic ring is 1. The number of hydrogen-bond acceptors (Lipinski definition) is 3. The van der Waals surface area contributed by atoms with Crippen LogP contribution < -0.4 is 5.73 Å². The minimum atomic E-state index is 0.577. The van der Waals surface area contributed by atoms with Gasteiger partial charge in [0, 0.05) is 31.7 Å². The lowest BCUT2D eigenvalue weighted by atomic mass is 10.1. The molecule has 0 fully saturated rings. The SMILES string of the molecule is Cc1c(N)cccc1CN(CCC#N)CC(C)C. The van der Waals surface area contributed by atoms with Gasteiger partial charge in [0.25, 0.3) is 0 Å². The van der Waals surface area contributed by atoms with E-state index >= 15 is 0 Å². The summed E-state index contributed by atoms with van der Waals surface area (Å²) in [5.74, 6) is 0.602. The molecule has 0 aromatic heterocycles. The zero-order chi connectivity index (χ0) is 13.5. The second-order valence-electron chi connectivity index (χ2n) is 5.17. The van der Waals surface area contributed by atoms with Gasteiger partial charge < -0.3 is 5.73 Å². The van der Waals surface area contributed by atoms with E-state index in [4.69, 9.17) is 11.0 Å². The molecule has 0 bridgehead atoms. The number of rotatable bonds is 6. The average Bonchev–Trinajstić information content (AvgIpc) is 2.31. The summed E-state index contributed by atoms with van der Waals surface area (Å²) in [7, 11) is 0. The van der Waals surface area contributed by atoms with Crippen LogP contribution in [0.2, 0.25) is 0 Å². The van der Waals surface area contributed by atoms with Gasteiger partial charge in [-0.2, -0.15) is 5.26 Å². The van der Waals surface area contributed by atoms with Gasteiger partial charge in [-0.15, -0.1) is 0 Å². The van der Waals surface area contributed by atoms with E-state index in [1.54, 1.807) is 0 Å². The Hall–Kier alpha value is -1.53. The normalized spacial score (nSPS) is 10.9. The van der Waals surface area contributed by atoms with Gasteiger partial charge in [-0.1, -0.05) is 26.0 Å². The highest BCUT2D eigenvalue weighted by Crippen LogP contribution is 2.18. The van der Waals surface area contributed by atoms with Crippen LogP contribution in [-0.2, 0) is 6.54 Å². The van der Waals surface area contributed by atoms with Gasteiger partial charge >= 0.3 is 0 Å². The summed E-state index contributed by atoms with van der Waals surface area (Å²) in [6.07, 6.45) is 0.577. The lowest BCUT2D eigenvalue weighted by Gasteiger charge is -2.24. The molecule has 0 amide bonds. The smallest absolute Gasteiger partial charge is 0.0635 e. The molecule has 0 aliphatic carbocycles. The highest BCUT2D eigenvalue weighted by molar-refractivity contribution is 5.49. The lowest BCUT2D eigenvalue weighted by Crippen LogP contribution is -2.28. The second-order valence-corrected chi connectivity index (χ2v) is 5.17. The van der Waals surface area contributed by atoms with Crippen molar-refractivity contribution in [3.8, 4) is 6.07 Å². The zero-order valence-electron chi connectivity index (χ0n) is 11.6. The summed E-state index contributed by atoms with van der Waals surface area (Å²) >= 11 is 0. The van der Waals surface area contributed by atoms with Gasteiger partial charge in [-0.05, 0) is 30.0 Å². The Balaban J connectivity index is 2.75. The lowest BCUT2D eigenvalue weighted by molar-refractivity contribution is 0.241. The molecule has 0 saturated heterocycles. The molecule has 3 nitrogen and oxygen atoms in total. The molecular formula is C15H23N3. The molecule has 0 heterocycles. The number of nitrogens with two attached hydrogens (primary N) is 1. The predicted molar refractivity (Wildman–Crippen MR) is 75.9 cm³/mol. The Morgan fingerprint density at radius 3 is 2.72 bits per heavy atom. The Kier molecular flexibility index (Phi) is 5.67. The number of nitrogens with zero attached hydrogens (tertiary/aromatic N) is 2. The molecule has 0 radical (unpaired) electrons. The molecule has 2 N–H and O–H groups in total. The van der Waals surface area contributed by atoms with Crippen LogP contribution in [0.1, 0.15) is 31.4 Å². The molecule has 0 aliphatic heterocycles. The van der Waals surface area contributed by atoms with Gasteiger partial charge in [-0.25, -0.2) is 0 Å². The quantitative estimate of drug-likeness (QED) is 0.784. The summed E-state index contributed by atoms with van der Waals surface area (Å²) in [5, 5.41) is 8.72. The van der Waals surface area contributed by atoms with Crippen molar-refractivity contribution in [2.45, 2.75) is 33.7 Å². The summed E-state index contributed by atoms with van der Waals surface area (Å²) in [6.45, 7) is 9.16. The van der Waals surface area contributed by atoms with Crippen molar-refractivity contribution in [1.29, 1.82) is 5.26 Å². The third kappa shape index (κ3) is 4.38. The van der Waals surface area contributed by atoms with E-state index in [1.165, 1.54) is 5.56 Å². The average molecular weight is 245 g/mol. The first-order chi connectivity index (χ1) is 8.54. The van der Waals surface area contributed by atoms with Crippen LogP contribution in [0.25, 0.3) is 0 Å². The van der Waals surface area contributed by atoms with Crippen molar-refractivity contribution in [2.24, 2.45) is 5.92 Å². The maximum atomic E-state index is 8.72. The third-order valence-electron chi connectivity index (χ3n) is 3.05. The largest absolute Gasteiger partial charge is 0.399 e. The zero-order valence-corrected chi connectivity index (χ0v) is 11.6. The topological polar surface area (TPSA) is 53.0 Å². The van der Waals surface area contributed by atoms with Crippen LogP contribution in [-0.4, -0.2) is 18.0 Å². The Bertz CT molecular complexity index is 418. The molecular weight excluding hydrogens is 222 g/mol. The molecule has 98 valence electrons. The maximum Gasteiger partial charge on any atom is 0.0635 e. The van der Waals surface area contributed by atoms with Gasteiger partial charge in [-0.3, -0.25) is 4.90 Å². The Morgan fingerprint density at radius 2 is 2.11 bits per heavy atom. The van der Waals surface area contributed by atoms with Crippen molar-refractivity contribution >= 4 is 5.69 Å². The highest BCUT2D eigenvalue weighted by Gasteiger charge is 2.10. The van der Waals surface area contributed by atoms with Crippen LogP contribution in [0.15, 0.2) is 18.2 Å². The van der Waals surface area contributed by atoms with Crippen molar-refractivity contribution in [3.63, 3.8) is 0 Å². The van der Waals surface area contributed by atoms with E-state index in [9.17, 15) is 0 Å². The minimum absolute atomic E-state index is 0.577. The predicted octanol–water partition coefficient (Wildman–Crippen LogP) is 2.95. The molecule has 0 saturated carbocycles. The number of anilines is 1. The van der Waals surface area contributed by atoms with Crippen molar-refractivity contribution < 1.29 is 0 Å². The summed E-state index contributed by atoms with van der Waals surface area (Å²) in [6, 6.07) is 8.26. The van der Waals surface area contributed by atoms with E-state index in [-0.39, 0.29) is 0 Å². The van der Waals surface area contributed by atoms with Gasteiger partial charge in [0.1, 0.15) is 0 Å². The first-order valence-electron chi connectivity index (χ1n) is 6.48. The van der Waals surface area contributed by atoms with E-state index in [1.807, 2.05) is 12.1 Å². The molecule has 0 atom stereocenters. The van der Waals surface area contributed by atoms with Crippen molar-refractivity contribution in [1.82, 2.24) is 4.90 Å². The number of hydrogen-bond donors (Lipinski definition) is 1. The third-order valence-corrected chi connectivity index (χ3v) is 3.05. The van der Waals surface area contributed by atoms with Gasteiger partial charge in [0.05, 0.1) is 6.07 Å². The van der Waals surface area contributed by atoms with Crippen LogP contribution in [0.4, 0.5) is 5.69 Å². The molecule has 18 heavy (non-hydrogen) atoms. The van der Waals surface area contributed by atoms with Crippen LogP contribution >= 0.6 is 0 Å². The van der Waals surface area contributed by atoms with Crippen molar-refractivity contribution in [3.05, 3.63) is 29.3 Å². The Labute approximate surface area is 110 Å². The van der Waals surface area contributed by atoms with Crippen molar-refractivity contribution in [2.75, 3.05) is 18.8 Å².